The number of ether oxygens (including phenoxy) is 1. The van der Waals surface area contributed by atoms with E-state index in [2.05, 4.69) is 27.7 Å². The standard InChI is InChI=1S/C23H38O3/c1-6-7-8-9-10-11-12-15-26-21(24)14-13-19-16-18(2)22(25)20(17-19)23(3,4)5/h16-17,25H,6-15H2,1-5H3. The summed E-state index contributed by atoms with van der Waals surface area (Å²) in [4.78, 5) is 12.0. The molecule has 3 heteroatoms. The zero-order chi connectivity index (χ0) is 19.6. The van der Waals surface area contributed by atoms with Crippen molar-refractivity contribution in [2.24, 2.45) is 0 Å². The normalized spacial score (nSPS) is 11.6. The van der Waals surface area contributed by atoms with Gasteiger partial charge in [-0.15, -0.1) is 0 Å². The number of aryl methyl sites for hydroxylation is 2. The van der Waals surface area contributed by atoms with Gasteiger partial charge in [-0.3, -0.25) is 4.79 Å². The first kappa shape index (κ1) is 22.5. The van der Waals surface area contributed by atoms with E-state index in [1.807, 2.05) is 19.1 Å². The van der Waals surface area contributed by atoms with Crippen LogP contribution in [-0.4, -0.2) is 17.7 Å². The smallest absolute Gasteiger partial charge is 0.306 e. The Morgan fingerprint density at radius 1 is 1.04 bits per heavy atom. The Bertz CT molecular complexity index is 555. The van der Waals surface area contributed by atoms with Crippen molar-refractivity contribution in [2.75, 3.05) is 6.61 Å². The monoisotopic (exact) mass is 362 g/mol. The Morgan fingerprint density at radius 3 is 2.27 bits per heavy atom. The van der Waals surface area contributed by atoms with Crippen LogP contribution in [0, 0.1) is 6.92 Å². The van der Waals surface area contributed by atoms with Crippen molar-refractivity contribution in [1.29, 1.82) is 0 Å². The summed E-state index contributed by atoms with van der Waals surface area (Å²) in [6.07, 6.45) is 9.59. The summed E-state index contributed by atoms with van der Waals surface area (Å²) in [5.74, 6) is 0.238. The van der Waals surface area contributed by atoms with Crippen molar-refractivity contribution in [3.8, 4) is 5.75 Å². The van der Waals surface area contributed by atoms with E-state index in [0.29, 0.717) is 25.2 Å². The number of hydrogen-bond acceptors (Lipinski definition) is 3. The third kappa shape index (κ3) is 8.25. The number of esters is 1. The van der Waals surface area contributed by atoms with Crippen LogP contribution in [0.25, 0.3) is 0 Å². The second-order valence-electron chi connectivity index (χ2n) is 8.40. The van der Waals surface area contributed by atoms with E-state index in [-0.39, 0.29) is 11.4 Å². The molecule has 0 radical (unpaired) electrons. The lowest BCUT2D eigenvalue weighted by Gasteiger charge is -2.22. The summed E-state index contributed by atoms with van der Waals surface area (Å²) in [6, 6.07) is 3.99. The first-order valence-corrected chi connectivity index (χ1v) is 10.2. The maximum absolute atomic E-state index is 12.0. The molecule has 0 spiro atoms. The molecule has 0 fully saturated rings. The SMILES string of the molecule is CCCCCCCCCOC(=O)CCc1cc(C)c(O)c(C(C)(C)C)c1. The largest absolute Gasteiger partial charge is 0.507 e. The Labute approximate surface area is 160 Å². The van der Waals surface area contributed by atoms with Gasteiger partial charge in [0.05, 0.1) is 6.61 Å². The predicted molar refractivity (Wildman–Crippen MR) is 109 cm³/mol. The van der Waals surface area contributed by atoms with E-state index < -0.39 is 0 Å². The molecule has 0 aliphatic rings. The molecule has 0 saturated carbocycles. The lowest BCUT2D eigenvalue weighted by atomic mass is 9.83. The maximum Gasteiger partial charge on any atom is 0.306 e. The molecular weight excluding hydrogens is 324 g/mol. The van der Waals surface area contributed by atoms with E-state index >= 15 is 0 Å². The van der Waals surface area contributed by atoms with Crippen molar-refractivity contribution in [2.45, 2.75) is 97.8 Å². The van der Waals surface area contributed by atoms with Crippen LogP contribution in [0.15, 0.2) is 12.1 Å². The number of phenolic OH excluding ortho intramolecular Hbond substituents is 1. The number of aromatic hydroxyl groups is 1. The molecule has 0 bridgehead atoms. The first-order chi connectivity index (χ1) is 12.3. The summed E-state index contributed by atoms with van der Waals surface area (Å²) in [7, 11) is 0. The highest BCUT2D eigenvalue weighted by atomic mass is 16.5. The van der Waals surface area contributed by atoms with Crippen molar-refractivity contribution in [3.63, 3.8) is 0 Å². The molecule has 0 atom stereocenters. The zero-order valence-electron chi connectivity index (χ0n) is 17.5. The van der Waals surface area contributed by atoms with Crippen LogP contribution in [0.2, 0.25) is 0 Å². The fourth-order valence-corrected chi connectivity index (χ4v) is 3.13. The van der Waals surface area contributed by atoms with Gasteiger partial charge in [0, 0.05) is 6.42 Å². The zero-order valence-corrected chi connectivity index (χ0v) is 17.5. The number of hydrogen-bond donors (Lipinski definition) is 1. The second-order valence-corrected chi connectivity index (χ2v) is 8.40. The third-order valence-electron chi connectivity index (χ3n) is 4.80. The van der Waals surface area contributed by atoms with Crippen LogP contribution >= 0.6 is 0 Å². The molecule has 1 rings (SSSR count). The summed E-state index contributed by atoms with van der Waals surface area (Å²) < 4.78 is 5.35. The molecule has 26 heavy (non-hydrogen) atoms. The molecule has 0 aromatic heterocycles. The third-order valence-corrected chi connectivity index (χ3v) is 4.80. The molecule has 0 aliphatic heterocycles. The van der Waals surface area contributed by atoms with E-state index in [1.165, 1.54) is 32.1 Å². The van der Waals surface area contributed by atoms with Crippen LogP contribution in [0.1, 0.15) is 95.8 Å². The van der Waals surface area contributed by atoms with E-state index in [9.17, 15) is 9.90 Å². The molecule has 1 N–H and O–H groups in total. The summed E-state index contributed by atoms with van der Waals surface area (Å²) in [5, 5.41) is 10.3. The number of carbonyl (C=O) groups excluding carboxylic acids is 1. The highest BCUT2D eigenvalue weighted by molar-refractivity contribution is 5.69. The topological polar surface area (TPSA) is 46.5 Å². The van der Waals surface area contributed by atoms with Crippen molar-refractivity contribution >= 4 is 5.97 Å². The minimum Gasteiger partial charge on any atom is -0.507 e. The molecule has 1 aromatic carbocycles. The minimum absolute atomic E-state index is 0.123. The molecule has 0 unspecified atom stereocenters. The Kier molecular flexibility index (Phi) is 9.75. The van der Waals surface area contributed by atoms with Crippen LogP contribution in [0.4, 0.5) is 0 Å². The second kappa shape index (κ2) is 11.3. The Hall–Kier alpha value is -1.51. The predicted octanol–water partition coefficient (Wildman–Crippen LogP) is 6.22. The first-order valence-electron chi connectivity index (χ1n) is 10.2. The van der Waals surface area contributed by atoms with Crippen LogP contribution in [0.5, 0.6) is 5.75 Å². The number of rotatable bonds is 11. The summed E-state index contributed by atoms with van der Waals surface area (Å²) >= 11 is 0. The van der Waals surface area contributed by atoms with Crippen LogP contribution < -0.4 is 0 Å². The van der Waals surface area contributed by atoms with Gasteiger partial charge in [0.25, 0.3) is 0 Å². The number of unbranched alkanes of at least 4 members (excludes halogenated alkanes) is 6. The highest BCUT2D eigenvalue weighted by Crippen LogP contribution is 2.34. The van der Waals surface area contributed by atoms with E-state index in [4.69, 9.17) is 4.74 Å². The molecule has 0 saturated heterocycles. The van der Waals surface area contributed by atoms with Gasteiger partial charge in [-0.2, -0.15) is 0 Å². The quantitative estimate of drug-likeness (QED) is 0.375. The summed E-state index contributed by atoms with van der Waals surface area (Å²) in [6.45, 7) is 10.9. The van der Waals surface area contributed by atoms with Crippen molar-refractivity contribution < 1.29 is 14.6 Å². The molecule has 3 nitrogen and oxygen atoms in total. The average Bonchev–Trinajstić information content (AvgIpc) is 2.57. The lowest BCUT2D eigenvalue weighted by molar-refractivity contribution is -0.143. The molecule has 1 aromatic rings. The van der Waals surface area contributed by atoms with Crippen molar-refractivity contribution in [1.82, 2.24) is 0 Å². The van der Waals surface area contributed by atoms with Gasteiger partial charge in [-0.25, -0.2) is 0 Å². The molecular formula is C23H38O3. The highest BCUT2D eigenvalue weighted by Gasteiger charge is 2.20. The molecule has 0 amide bonds. The fraction of sp³-hybridized carbons (Fsp3) is 0.696. The van der Waals surface area contributed by atoms with Gasteiger partial charge in [-0.1, -0.05) is 78.4 Å². The van der Waals surface area contributed by atoms with Gasteiger partial charge in [-0.05, 0) is 41.9 Å². The fourth-order valence-electron chi connectivity index (χ4n) is 3.13. The van der Waals surface area contributed by atoms with Crippen molar-refractivity contribution in [3.05, 3.63) is 28.8 Å². The van der Waals surface area contributed by atoms with Gasteiger partial charge in [0.1, 0.15) is 5.75 Å². The van der Waals surface area contributed by atoms with Gasteiger partial charge < -0.3 is 9.84 Å². The lowest BCUT2D eigenvalue weighted by Crippen LogP contribution is -2.13. The molecule has 148 valence electrons. The van der Waals surface area contributed by atoms with E-state index in [0.717, 1.165) is 29.5 Å². The summed E-state index contributed by atoms with van der Waals surface area (Å²) in [5.41, 5.74) is 2.76. The van der Waals surface area contributed by atoms with Crippen LogP contribution in [0.3, 0.4) is 0 Å². The maximum atomic E-state index is 12.0. The number of carbonyl (C=O) groups is 1. The molecule has 0 heterocycles. The number of phenols is 1. The molecule has 0 aliphatic carbocycles. The van der Waals surface area contributed by atoms with Gasteiger partial charge in [0.15, 0.2) is 0 Å². The number of benzene rings is 1. The van der Waals surface area contributed by atoms with Crippen LogP contribution in [-0.2, 0) is 21.4 Å². The van der Waals surface area contributed by atoms with E-state index in [1.54, 1.807) is 0 Å². The Balaban J connectivity index is 2.34. The minimum atomic E-state index is -0.126. The van der Waals surface area contributed by atoms with Gasteiger partial charge >= 0.3 is 5.97 Å². The Morgan fingerprint density at radius 2 is 1.65 bits per heavy atom. The average molecular weight is 363 g/mol. The van der Waals surface area contributed by atoms with Gasteiger partial charge in [0.2, 0.25) is 0 Å².